The van der Waals surface area contributed by atoms with Crippen molar-refractivity contribution in [1.82, 2.24) is 9.97 Å². The molecule has 1 atom stereocenters. The maximum atomic E-state index is 10.3. The van der Waals surface area contributed by atoms with Gasteiger partial charge in [0.1, 0.15) is 0 Å². The summed E-state index contributed by atoms with van der Waals surface area (Å²) in [5.41, 5.74) is 3.11. The maximum absolute atomic E-state index is 10.3. The fraction of sp³-hybridized carbons (Fsp3) is 0.158. The first-order valence-corrected chi connectivity index (χ1v) is 7.70. The Balaban J connectivity index is 1.63. The highest BCUT2D eigenvalue weighted by molar-refractivity contribution is 5.63. The summed E-state index contributed by atoms with van der Waals surface area (Å²) in [6, 6.07) is 19.7. The van der Waals surface area contributed by atoms with Gasteiger partial charge in [-0.05, 0) is 16.7 Å². The van der Waals surface area contributed by atoms with Gasteiger partial charge in [-0.25, -0.2) is 4.98 Å². The molecule has 1 unspecified atom stereocenters. The zero-order valence-corrected chi connectivity index (χ0v) is 13.4. The molecule has 0 spiro atoms. The maximum Gasteiger partial charge on any atom is 0.226 e. The number of rotatable bonds is 6. The van der Waals surface area contributed by atoms with Crippen LogP contribution in [-0.2, 0) is 0 Å². The number of benzene rings is 2. The smallest absolute Gasteiger partial charge is 0.226 e. The molecule has 0 fully saturated rings. The summed E-state index contributed by atoms with van der Waals surface area (Å²) < 4.78 is 5.05. The fourth-order valence-corrected chi connectivity index (χ4v) is 2.38. The van der Waals surface area contributed by atoms with E-state index in [2.05, 4.69) is 27.4 Å². The molecular formula is C19H19N3O2. The number of anilines is 1. The molecule has 24 heavy (non-hydrogen) atoms. The molecule has 2 aromatic carbocycles. The van der Waals surface area contributed by atoms with Gasteiger partial charge in [0.2, 0.25) is 11.8 Å². The zero-order chi connectivity index (χ0) is 16.8. The Bertz CT molecular complexity index is 776. The second-order valence-electron chi connectivity index (χ2n) is 5.31. The first kappa shape index (κ1) is 16.0. The molecule has 0 radical (unpaired) electrons. The van der Waals surface area contributed by atoms with E-state index in [0.717, 1.165) is 16.7 Å². The third kappa shape index (κ3) is 3.88. The quantitative estimate of drug-likeness (QED) is 0.729. The van der Waals surface area contributed by atoms with Crippen LogP contribution in [0.3, 0.4) is 0 Å². The van der Waals surface area contributed by atoms with Crippen molar-refractivity contribution in [3.8, 4) is 17.0 Å². The van der Waals surface area contributed by atoms with Gasteiger partial charge < -0.3 is 15.2 Å². The van der Waals surface area contributed by atoms with Crippen LogP contribution in [0.5, 0.6) is 5.88 Å². The highest BCUT2D eigenvalue weighted by atomic mass is 16.5. The minimum absolute atomic E-state index is 0.317. The number of ether oxygens (including phenoxy) is 1. The summed E-state index contributed by atoms with van der Waals surface area (Å²) in [5, 5.41) is 13.3. The van der Waals surface area contributed by atoms with Crippen LogP contribution < -0.4 is 10.1 Å². The molecule has 5 nitrogen and oxygen atoms in total. The lowest BCUT2D eigenvalue weighted by Gasteiger charge is -2.13. The summed E-state index contributed by atoms with van der Waals surface area (Å²) in [6.45, 7) is 0.317. The lowest BCUT2D eigenvalue weighted by Crippen LogP contribution is -2.14. The molecule has 2 N–H and O–H groups in total. The van der Waals surface area contributed by atoms with Gasteiger partial charge in [0.05, 0.1) is 13.2 Å². The summed E-state index contributed by atoms with van der Waals surface area (Å²) in [4.78, 5) is 8.25. The molecule has 0 bridgehead atoms. The predicted octanol–water partition coefficient (Wildman–Crippen LogP) is 3.30. The Labute approximate surface area is 141 Å². The average Bonchev–Trinajstić information content (AvgIpc) is 2.67. The van der Waals surface area contributed by atoms with Crippen molar-refractivity contribution in [2.75, 3.05) is 19.0 Å². The van der Waals surface area contributed by atoms with E-state index < -0.39 is 6.10 Å². The van der Waals surface area contributed by atoms with Crippen molar-refractivity contribution in [3.05, 3.63) is 72.4 Å². The minimum atomic E-state index is -0.648. The molecule has 5 heteroatoms. The van der Waals surface area contributed by atoms with Crippen molar-refractivity contribution in [2.24, 2.45) is 0 Å². The molecule has 3 rings (SSSR count). The molecule has 3 aromatic rings. The van der Waals surface area contributed by atoms with Gasteiger partial charge >= 0.3 is 0 Å². The second kappa shape index (κ2) is 7.57. The Hall–Kier alpha value is -2.92. The summed E-state index contributed by atoms with van der Waals surface area (Å²) in [7, 11) is 1.55. The molecular weight excluding hydrogens is 302 g/mol. The largest absolute Gasteiger partial charge is 0.481 e. The van der Waals surface area contributed by atoms with Crippen molar-refractivity contribution >= 4 is 5.95 Å². The van der Waals surface area contributed by atoms with Crippen LogP contribution in [-0.4, -0.2) is 28.7 Å². The van der Waals surface area contributed by atoms with Crippen LogP contribution in [0.15, 0.2) is 66.9 Å². The number of aromatic nitrogens is 2. The molecule has 122 valence electrons. The fourth-order valence-electron chi connectivity index (χ4n) is 2.38. The Morgan fingerprint density at radius 2 is 1.71 bits per heavy atom. The summed E-state index contributed by atoms with van der Waals surface area (Å²) in [6.07, 6.45) is 0.958. The zero-order valence-electron chi connectivity index (χ0n) is 13.4. The number of aliphatic hydroxyl groups is 1. The van der Waals surface area contributed by atoms with E-state index in [-0.39, 0.29) is 0 Å². The first-order chi connectivity index (χ1) is 11.8. The summed E-state index contributed by atoms with van der Waals surface area (Å²) in [5.74, 6) is 0.906. The number of methoxy groups -OCH3 is 1. The van der Waals surface area contributed by atoms with E-state index in [1.165, 1.54) is 0 Å². The Morgan fingerprint density at radius 3 is 2.42 bits per heavy atom. The monoisotopic (exact) mass is 321 g/mol. The van der Waals surface area contributed by atoms with Gasteiger partial charge in [-0.2, -0.15) is 4.98 Å². The third-order valence-corrected chi connectivity index (χ3v) is 3.70. The number of hydrogen-bond donors (Lipinski definition) is 2. The van der Waals surface area contributed by atoms with E-state index in [0.29, 0.717) is 18.4 Å². The average molecular weight is 321 g/mol. The Kier molecular flexibility index (Phi) is 5.03. The molecule has 0 saturated carbocycles. The molecule has 0 saturated heterocycles. The molecule has 0 amide bonds. The van der Waals surface area contributed by atoms with Crippen LogP contribution >= 0.6 is 0 Å². The SMILES string of the molecule is COc1ccnc(NCC(O)c2ccc(-c3ccccc3)cc2)n1. The molecule has 0 aliphatic carbocycles. The van der Waals surface area contributed by atoms with Crippen molar-refractivity contribution in [1.29, 1.82) is 0 Å². The minimum Gasteiger partial charge on any atom is -0.481 e. The van der Waals surface area contributed by atoms with Crippen LogP contribution in [0.25, 0.3) is 11.1 Å². The predicted molar refractivity (Wildman–Crippen MR) is 93.9 cm³/mol. The van der Waals surface area contributed by atoms with E-state index in [4.69, 9.17) is 4.74 Å². The van der Waals surface area contributed by atoms with E-state index in [9.17, 15) is 5.11 Å². The third-order valence-electron chi connectivity index (χ3n) is 3.70. The highest BCUT2D eigenvalue weighted by Crippen LogP contribution is 2.22. The number of nitrogens with one attached hydrogen (secondary N) is 1. The molecule has 1 heterocycles. The van der Waals surface area contributed by atoms with E-state index in [1.807, 2.05) is 42.5 Å². The number of hydrogen-bond acceptors (Lipinski definition) is 5. The lowest BCUT2D eigenvalue weighted by atomic mass is 10.0. The van der Waals surface area contributed by atoms with Crippen LogP contribution in [0.2, 0.25) is 0 Å². The second-order valence-corrected chi connectivity index (χ2v) is 5.31. The normalized spacial score (nSPS) is 11.8. The van der Waals surface area contributed by atoms with Gasteiger partial charge in [0, 0.05) is 18.8 Å². The van der Waals surface area contributed by atoms with Gasteiger partial charge in [-0.15, -0.1) is 0 Å². The number of nitrogens with zero attached hydrogens (tertiary/aromatic N) is 2. The molecule has 0 aliphatic heterocycles. The molecule has 1 aromatic heterocycles. The van der Waals surface area contributed by atoms with Crippen molar-refractivity contribution in [2.45, 2.75) is 6.10 Å². The van der Waals surface area contributed by atoms with Crippen molar-refractivity contribution in [3.63, 3.8) is 0 Å². The van der Waals surface area contributed by atoms with Crippen LogP contribution in [0.4, 0.5) is 5.95 Å². The van der Waals surface area contributed by atoms with Gasteiger partial charge in [0.25, 0.3) is 0 Å². The van der Waals surface area contributed by atoms with E-state index in [1.54, 1.807) is 19.4 Å². The highest BCUT2D eigenvalue weighted by Gasteiger charge is 2.09. The topological polar surface area (TPSA) is 67.3 Å². The lowest BCUT2D eigenvalue weighted by molar-refractivity contribution is 0.191. The first-order valence-electron chi connectivity index (χ1n) is 7.70. The van der Waals surface area contributed by atoms with Crippen molar-refractivity contribution < 1.29 is 9.84 Å². The Morgan fingerprint density at radius 1 is 1.00 bits per heavy atom. The van der Waals surface area contributed by atoms with Crippen LogP contribution in [0, 0.1) is 0 Å². The van der Waals surface area contributed by atoms with Gasteiger partial charge in [0.15, 0.2) is 0 Å². The summed E-state index contributed by atoms with van der Waals surface area (Å²) >= 11 is 0. The van der Waals surface area contributed by atoms with Gasteiger partial charge in [-0.1, -0.05) is 54.6 Å². The standard InChI is InChI=1S/C19H19N3O2/c1-24-18-11-12-20-19(22-18)21-13-17(23)16-9-7-15(8-10-16)14-5-3-2-4-6-14/h2-12,17,23H,13H2,1H3,(H,20,21,22). The number of aliphatic hydroxyl groups excluding tert-OH is 1. The van der Waals surface area contributed by atoms with Gasteiger partial charge in [-0.3, -0.25) is 0 Å². The van der Waals surface area contributed by atoms with E-state index >= 15 is 0 Å². The van der Waals surface area contributed by atoms with Crippen LogP contribution in [0.1, 0.15) is 11.7 Å². The molecule has 0 aliphatic rings.